The zero-order valence-electron chi connectivity index (χ0n) is 23.7. The van der Waals surface area contributed by atoms with Gasteiger partial charge in [-0.25, -0.2) is 4.39 Å². The van der Waals surface area contributed by atoms with E-state index in [0.717, 1.165) is 49.8 Å². The van der Waals surface area contributed by atoms with Crippen LogP contribution in [0.15, 0.2) is 53.7 Å². The third-order valence-corrected chi connectivity index (χ3v) is 9.52. The van der Waals surface area contributed by atoms with Crippen molar-refractivity contribution >= 4 is 23.5 Å². The summed E-state index contributed by atoms with van der Waals surface area (Å²) in [5.41, 5.74) is 4.95. The second kappa shape index (κ2) is 11.9. The number of rotatable bonds is 8. The number of carbonyl (C=O) groups excluding carboxylic acids is 2. The molecule has 1 aromatic carbocycles. The highest BCUT2D eigenvalue weighted by molar-refractivity contribution is 6.06. The Morgan fingerprint density at radius 2 is 1.95 bits per heavy atom. The highest BCUT2D eigenvalue weighted by atomic mass is 19.1. The number of pyridine rings is 1. The van der Waals surface area contributed by atoms with Crippen molar-refractivity contribution < 1.29 is 23.8 Å². The molecule has 1 aromatic heterocycles. The maximum absolute atomic E-state index is 14.1. The lowest BCUT2D eigenvalue weighted by molar-refractivity contribution is -0.143. The molecule has 6 rings (SSSR count). The first kappa shape index (κ1) is 27.8. The van der Waals surface area contributed by atoms with Gasteiger partial charge in [-0.2, -0.15) is 0 Å². The topological polar surface area (TPSA) is 79.7 Å². The minimum Gasteiger partial charge on any atom is -0.505 e. The Morgan fingerprint density at radius 1 is 1.12 bits per heavy atom. The third-order valence-electron chi connectivity index (χ3n) is 9.52. The molecule has 3 heterocycles. The first-order valence-corrected chi connectivity index (χ1v) is 15.3. The Bertz CT molecular complexity index is 1360. The van der Waals surface area contributed by atoms with Crippen molar-refractivity contribution in [1.82, 2.24) is 9.88 Å². The van der Waals surface area contributed by atoms with E-state index >= 15 is 0 Å². The van der Waals surface area contributed by atoms with Crippen molar-refractivity contribution in [3.8, 4) is 5.75 Å². The summed E-state index contributed by atoms with van der Waals surface area (Å²) in [5, 5.41) is 9.63. The van der Waals surface area contributed by atoms with E-state index in [4.69, 9.17) is 4.74 Å². The van der Waals surface area contributed by atoms with Gasteiger partial charge in [0.2, 0.25) is 11.8 Å². The molecule has 2 aliphatic heterocycles. The molecule has 1 saturated carbocycles. The number of halogens is 1. The average Bonchev–Trinajstić information content (AvgIpc) is 3.52. The number of allylic oxidation sites excluding steroid dienone is 2. The second-order valence-electron chi connectivity index (χ2n) is 12.0. The van der Waals surface area contributed by atoms with Gasteiger partial charge in [0.25, 0.3) is 0 Å². The number of ether oxygens (including phenoxy) is 1. The van der Waals surface area contributed by atoms with E-state index in [2.05, 4.69) is 11.9 Å². The number of phenols is 1. The van der Waals surface area contributed by atoms with E-state index < -0.39 is 5.82 Å². The summed E-state index contributed by atoms with van der Waals surface area (Å²) in [4.78, 5) is 33.7. The van der Waals surface area contributed by atoms with Crippen LogP contribution in [0.5, 0.6) is 5.75 Å². The first-order chi connectivity index (χ1) is 20.0. The lowest BCUT2D eigenvalue weighted by Crippen LogP contribution is -2.42. The van der Waals surface area contributed by atoms with Gasteiger partial charge < -0.3 is 9.84 Å². The predicted molar refractivity (Wildman–Crippen MR) is 155 cm³/mol. The minimum absolute atomic E-state index is 0.0256. The second-order valence-corrected chi connectivity index (χ2v) is 12.0. The molecule has 0 bridgehead atoms. The summed E-state index contributed by atoms with van der Waals surface area (Å²) in [5.74, 6) is -1.57. The van der Waals surface area contributed by atoms with Crippen molar-refractivity contribution in [3.05, 3.63) is 70.8 Å². The summed E-state index contributed by atoms with van der Waals surface area (Å²) >= 11 is 0. The number of aromatic nitrogens is 1. The fourth-order valence-corrected chi connectivity index (χ4v) is 7.66. The minimum atomic E-state index is -0.662. The molecule has 2 aliphatic carbocycles. The summed E-state index contributed by atoms with van der Waals surface area (Å²) in [6.07, 6.45) is 12.6. The molecule has 216 valence electrons. The van der Waals surface area contributed by atoms with Crippen molar-refractivity contribution in [2.75, 3.05) is 6.61 Å². The average molecular weight is 559 g/mol. The van der Waals surface area contributed by atoms with Crippen LogP contribution < -0.4 is 0 Å². The number of aromatic hydroxyl groups is 1. The van der Waals surface area contributed by atoms with E-state index in [1.165, 1.54) is 29.7 Å². The monoisotopic (exact) mass is 558 g/mol. The van der Waals surface area contributed by atoms with Gasteiger partial charge in [-0.15, -0.1) is 0 Å². The van der Waals surface area contributed by atoms with E-state index in [-0.39, 0.29) is 47.5 Å². The number of carbonyl (C=O) groups is 2. The number of hydrogen-bond acceptors (Lipinski definition) is 5. The Morgan fingerprint density at radius 3 is 2.68 bits per heavy atom. The molecular weight excluding hydrogens is 519 g/mol. The molecule has 3 fully saturated rings. The molecule has 0 spiro atoms. The van der Waals surface area contributed by atoms with E-state index in [9.17, 15) is 19.1 Å². The van der Waals surface area contributed by atoms with Crippen LogP contribution in [-0.2, 0) is 14.3 Å². The number of phenolic OH excluding ortho intramolecular Hbond substituents is 1. The Kier molecular flexibility index (Phi) is 8.07. The van der Waals surface area contributed by atoms with Crippen LogP contribution >= 0.6 is 0 Å². The number of fused-ring (bicyclic) bond motifs is 3. The molecule has 2 aromatic rings. The highest BCUT2D eigenvalue weighted by Crippen LogP contribution is 2.51. The van der Waals surface area contributed by atoms with Crippen molar-refractivity contribution in [2.24, 2.45) is 17.8 Å². The fourth-order valence-electron chi connectivity index (χ4n) is 7.66. The van der Waals surface area contributed by atoms with Crippen LogP contribution in [0.3, 0.4) is 0 Å². The molecule has 0 radical (unpaired) electrons. The normalized spacial score (nSPS) is 27.0. The Hall–Kier alpha value is -3.32. The molecular formula is C34H39FN2O4. The highest BCUT2D eigenvalue weighted by Gasteiger charge is 2.57. The first-order valence-electron chi connectivity index (χ1n) is 15.3. The maximum atomic E-state index is 14.1. The molecule has 1 N–H and O–H groups in total. The van der Waals surface area contributed by atoms with Crippen LogP contribution in [0.2, 0.25) is 0 Å². The van der Waals surface area contributed by atoms with Crippen molar-refractivity contribution in [1.29, 1.82) is 0 Å². The number of likely N-dealkylation sites (tertiary alicyclic amines) is 1. The third kappa shape index (κ3) is 5.36. The number of amides is 2. The van der Waals surface area contributed by atoms with Gasteiger partial charge in [0.1, 0.15) is 0 Å². The van der Waals surface area contributed by atoms with E-state index in [1.54, 1.807) is 17.2 Å². The van der Waals surface area contributed by atoms with E-state index in [0.29, 0.717) is 31.4 Å². The van der Waals surface area contributed by atoms with Crippen LogP contribution in [-0.4, -0.2) is 45.6 Å². The van der Waals surface area contributed by atoms with Gasteiger partial charge in [0.15, 0.2) is 11.6 Å². The van der Waals surface area contributed by atoms with E-state index in [1.807, 2.05) is 24.3 Å². The molecule has 4 aliphatic rings. The predicted octanol–water partition coefficient (Wildman–Crippen LogP) is 6.70. The van der Waals surface area contributed by atoms with Gasteiger partial charge in [0.05, 0.1) is 30.2 Å². The molecule has 4 atom stereocenters. The number of benzene rings is 1. The number of imide groups is 1. The van der Waals surface area contributed by atoms with Crippen LogP contribution in [0.25, 0.3) is 11.6 Å². The van der Waals surface area contributed by atoms with Crippen molar-refractivity contribution in [2.45, 2.75) is 83.3 Å². The lowest BCUT2D eigenvalue weighted by Gasteiger charge is -2.32. The number of nitrogens with zero attached hydrogens (tertiary/aromatic N) is 2. The molecule has 7 heteroatoms. The molecule has 41 heavy (non-hydrogen) atoms. The maximum Gasteiger partial charge on any atom is 0.234 e. The summed E-state index contributed by atoms with van der Waals surface area (Å²) in [6.45, 7) is 2.63. The van der Waals surface area contributed by atoms with Gasteiger partial charge in [-0.05, 0) is 85.6 Å². The summed E-state index contributed by atoms with van der Waals surface area (Å²) < 4.78 is 20.5. The fraction of sp³-hybridized carbons (Fsp3) is 0.500. The standard InChI is InChI=1S/C34H39FN2O4/c1-2-8-23-19-25-32(34(40)37(33(25)39)24-9-4-3-5-10-24)26-20-41-30(31(23)26)15-13-22(28-11-6-7-16-36-28)17-21-12-14-29(38)27(35)18-21/h6-7,11-12,14,16-18,24-26,30,32,38H,2-5,8-10,13,15,19-20H2,1H3/b22-17-/t25-,26+,30-,32-/m1/s1. The molecule has 2 amide bonds. The summed E-state index contributed by atoms with van der Waals surface area (Å²) in [7, 11) is 0. The smallest absolute Gasteiger partial charge is 0.234 e. The molecule has 0 unspecified atom stereocenters. The van der Waals surface area contributed by atoms with Gasteiger partial charge in [-0.1, -0.05) is 50.3 Å². The van der Waals surface area contributed by atoms with Gasteiger partial charge in [-0.3, -0.25) is 19.5 Å². The van der Waals surface area contributed by atoms with Crippen LogP contribution in [0, 0.1) is 23.6 Å². The molecule has 6 nitrogen and oxygen atoms in total. The Balaban J connectivity index is 1.26. The SMILES string of the molecule is CCCC1=C2[C@@H](CC/C(=C/c3ccc(O)c(F)c3)c3ccccn3)OC[C@@H]2[C@@H]2C(=O)N(C3CCCCC3)C(=O)[C@@H]2C1. The van der Waals surface area contributed by atoms with Crippen LogP contribution in [0.1, 0.15) is 82.4 Å². The quantitative estimate of drug-likeness (QED) is 0.288. The number of hydrogen-bond donors (Lipinski definition) is 1. The zero-order chi connectivity index (χ0) is 28.5. The van der Waals surface area contributed by atoms with Crippen molar-refractivity contribution in [3.63, 3.8) is 0 Å². The summed E-state index contributed by atoms with van der Waals surface area (Å²) in [6, 6.07) is 10.2. The molecule has 2 saturated heterocycles. The zero-order valence-corrected chi connectivity index (χ0v) is 23.7. The Labute approximate surface area is 241 Å². The lowest BCUT2D eigenvalue weighted by atomic mass is 9.68. The van der Waals surface area contributed by atoms with Gasteiger partial charge >= 0.3 is 0 Å². The van der Waals surface area contributed by atoms with Crippen LogP contribution in [0.4, 0.5) is 4.39 Å². The van der Waals surface area contributed by atoms with Gasteiger partial charge in [0, 0.05) is 18.2 Å². The largest absolute Gasteiger partial charge is 0.505 e.